The van der Waals surface area contributed by atoms with Crippen LogP contribution in [0.4, 0.5) is 17.6 Å². The molecule has 2 nitrogen and oxygen atoms in total. The van der Waals surface area contributed by atoms with Gasteiger partial charge in [-0.15, -0.1) is 0 Å². The molecule has 0 fully saturated rings. The first-order valence-electron chi connectivity index (χ1n) is 3.95. The Balaban J connectivity index is 3.23. The van der Waals surface area contributed by atoms with Gasteiger partial charge in [-0.2, -0.15) is 13.2 Å². The lowest BCUT2D eigenvalue weighted by atomic mass is 10.1. The van der Waals surface area contributed by atoms with Gasteiger partial charge in [0.15, 0.2) is 6.10 Å². The van der Waals surface area contributed by atoms with Crippen molar-refractivity contribution in [2.75, 3.05) is 7.11 Å². The van der Waals surface area contributed by atoms with Crippen molar-refractivity contribution < 1.29 is 27.4 Å². The highest BCUT2D eigenvalue weighted by Gasteiger charge is 2.42. The van der Waals surface area contributed by atoms with Gasteiger partial charge in [0.1, 0.15) is 11.6 Å². The molecule has 0 saturated carbocycles. The van der Waals surface area contributed by atoms with Gasteiger partial charge in [0, 0.05) is 0 Å². The third kappa shape index (κ3) is 2.38. The fraction of sp³-hybridized carbons (Fsp3) is 0.333. The minimum Gasteiger partial charge on any atom is -0.496 e. The summed E-state index contributed by atoms with van der Waals surface area (Å²) >= 11 is 0. The zero-order valence-corrected chi connectivity index (χ0v) is 7.68. The van der Waals surface area contributed by atoms with Gasteiger partial charge in [-0.25, -0.2) is 4.39 Å². The summed E-state index contributed by atoms with van der Waals surface area (Å²) in [7, 11) is 1.10. The number of benzene rings is 1. The smallest absolute Gasteiger partial charge is 0.418 e. The van der Waals surface area contributed by atoms with Gasteiger partial charge in [0.2, 0.25) is 0 Å². The summed E-state index contributed by atoms with van der Waals surface area (Å²) in [6.07, 6.45) is -7.80. The molecule has 84 valence electrons. The van der Waals surface area contributed by atoms with Crippen molar-refractivity contribution in [3.05, 3.63) is 29.6 Å². The van der Waals surface area contributed by atoms with Crippen LogP contribution in [0.5, 0.6) is 5.75 Å². The van der Waals surface area contributed by atoms with Crippen molar-refractivity contribution >= 4 is 0 Å². The molecule has 0 unspecified atom stereocenters. The summed E-state index contributed by atoms with van der Waals surface area (Å²) in [5.74, 6) is -1.49. The summed E-state index contributed by atoms with van der Waals surface area (Å²) in [4.78, 5) is 0. The Bertz CT molecular complexity index is 348. The van der Waals surface area contributed by atoms with Crippen LogP contribution in [0.15, 0.2) is 18.2 Å². The maximum absolute atomic E-state index is 13.1. The maximum atomic E-state index is 13.1. The van der Waals surface area contributed by atoms with Gasteiger partial charge in [0.05, 0.1) is 12.7 Å². The number of hydrogen-bond acceptors (Lipinski definition) is 2. The van der Waals surface area contributed by atoms with E-state index in [1.165, 1.54) is 6.07 Å². The molecule has 15 heavy (non-hydrogen) atoms. The van der Waals surface area contributed by atoms with Crippen LogP contribution in [0.1, 0.15) is 11.7 Å². The van der Waals surface area contributed by atoms with Gasteiger partial charge in [-0.1, -0.05) is 6.07 Å². The Morgan fingerprint density at radius 3 is 2.40 bits per heavy atom. The molecule has 0 spiro atoms. The van der Waals surface area contributed by atoms with E-state index in [1.54, 1.807) is 0 Å². The van der Waals surface area contributed by atoms with Crippen LogP contribution in [-0.2, 0) is 0 Å². The number of ether oxygens (including phenoxy) is 1. The first kappa shape index (κ1) is 11.8. The first-order valence-corrected chi connectivity index (χ1v) is 3.95. The molecule has 0 amide bonds. The molecule has 0 aliphatic heterocycles. The van der Waals surface area contributed by atoms with Crippen LogP contribution in [0, 0.1) is 5.82 Å². The van der Waals surface area contributed by atoms with Gasteiger partial charge in [0.25, 0.3) is 0 Å². The van der Waals surface area contributed by atoms with Crippen LogP contribution in [-0.4, -0.2) is 18.4 Å². The molecule has 6 heteroatoms. The zero-order valence-electron chi connectivity index (χ0n) is 7.68. The van der Waals surface area contributed by atoms with Crippen molar-refractivity contribution in [1.82, 2.24) is 0 Å². The SMILES string of the molecule is COc1cccc(F)c1[C@@H](O)C(F)(F)F. The quantitative estimate of drug-likeness (QED) is 0.782. The van der Waals surface area contributed by atoms with E-state index in [-0.39, 0.29) is 5.75 Å². The number of methoxy groups -OCH3 is 1. The van der Waals surface area contributed by atoms with E-state index < -0.39 is 23.7 Å². The topological polar surface area (TPSA) is 29.5 Å². The van der Waals surface area contributed by atoms with Crippen LogP contribution in [0.3, 0.4) is 0 Å². The standard InChI is InChI=1S/C9H8F4O2/c1-15-6-4-2-3-5(10)7(6)8(14)9(11,12)13/h2-4,8,14H,1H3/t8-/m1/s1. The predicted molar refractivity (Wildman–Crippen MR) is 44.0 cm³/mol. The largest absolute Gasteiger partial charge is 0.496 e. The van der Waals surface area contributed by atoms with Crippen LogP contribution in [0.25, 0.3) is 0 Å². The summed E-state index contributed by atoms with van der Waals surface area (Å²) < 4.78 is 54.1. The Hall–Kier alpha value is -1.30. The van der Waals surface area contributed by atoms with Crippen molar-refractivity contribution in [1.29, 1.82) is 0 Å². The molecule has 0 radical (unpaired) electrons. The van der Waals surface area contributed by atoms with E-state index in [0.717, 1.165) is 19.2 Å². The highest BCUT2D eigenvalue weighted by Crippen LogP contribution is 2.38. The lowest BCUT2D eigenvalue weighted by Crippen LogP contribution is -2.22. The van der Waals surface area contributed by atoms with Crippen LogP contribution < -0.4 is 4.74 Å². The van der Waals surface area contributed by atoms with Gasteiger partial charge in [-0.05, 0) is 12.1 Å². The molecule has 1 atom stereocenters. The van der Waals surface area contributed by atoms with Crippen molar-refractivity contribution in [3.8, 4) is 5.75 Å². The summed E-state index contributed by atoms with van der Waals surface area (Å²) in [6, 6.07) is 3.17. The number of alkyl halides is 3. The number of aliphatic hydroxyl groups excluding tert-OH is 1. The molecule has 0 aliphatic rings. The minimum absolute atomic E-state index is 0.333. The van der Waals surface area contributed by atoms with Gasteiger partial charge >= 0.3 is 6.18 Å². The second-order valence-corrected chi connectivity index (χ2v) is 2.80. The minimum atomic E-state index is -4.92. The molecular weight excluding hydrogens is 216 g/mol. The predicted octanol–water partition coefficient (Wildman–Crippen LogP) is 2.43. The maximum Gasteiger partial charge on any atom is 0.418 e. The third-order valence-corrected chi connectivity index (χ3v) is 1.82. The highest BCUT2D eigenvalue weighted by atomic mass is 19.4. The summed E-state index contributed by atoms with van der Waals surface area (Å²) in [5, 5.41) is 8.90. The fourth-order valence-electron chi connectivity index (χ4n) is 1.12. The molecule has 0 aromatic heterocycles. The lowest BCUT2D eigenvalue weighted by molar-refractivity contribution is -0.207. The molecule has 0 bridgehead atoms. The van der Waals surface area contributed by atoms with Gasteiger partial charge in [-0.3, -0.25) is 0 Å². The Kier molecular flexibility index (Phi) is 3.18. The number of rotatable bonds is 2. The monoisotopic (exact) mass is 224 g/mol. The van der Waals surface area contributed by atoms with Crippen LogP contribution in [0.2, 0.25) is 0 Å². The number of hydrogen-bond donors (Lipinski definition) is 1. The first-order chi connectivity index (χ1) is 6.88. The van der Waals surface area contributed by atoms with E-state index in [1.807, 2.05) is 0 Å². The van der Waals surface area contributed by atoms with E-state index in [2.05, 4.69) is 4.74 Å². The lowest BCUT2D eigenvalue weighted by Gasteiger charge is -2.17. The average molecular weight is 224 g/mol. The summed E-state index contributed by atoms with van der Waals surface area (Å²) in [6.45, 7) is 0. The Labute approximate surface area is 83.1 Å². The number of halogens is 4. The second kappa shape index (κ2) is 4.06. The second-order valence-electron chi connectivity index (χ2n) is 2.80. The normalized spacial score (nSPS) is 13.7. The molecule has 1 N–H and O–H groups in total. The average Bonchev–Trinajstić information content (AvgIpc) is 2.15. The van der Waals surface area contributed by atoms with E-state index in [4.69, 9.17) is 5.11 Å². The molecule has 1 rings (SSSR count). The molecule has 0 heterocycles. The Morgan fingerprint density at radius 2 is 1.93 bits per heavy atom. The van der Waals surface area contributed by atoms with Crippen molar-refractivity contribution in [3.63, 3.8) is 0 Å². The third-order valence-electron chi connectivity index (χ3n) is 1.82. The number of aliphatic hydroxyl groups is 1. The fourth-order valence-corrected chi connectivity index (χ4v) is 1.12. The van der Waals surface area contributed by atoms with Gasteiger partial charge < -0.3 is 9.84 Å². The highest BCUT2D eigenvalue weighted by molar-refractivity contribution is 5.37. The van der Waals surface area contributed by atoms with E-state index in [9.17, 15) is 17.6 Å². The Morgan fingerprint density at radius 1 is 1.33 bits per heavy atom. The van der Waals surface area contributed by atoms with Crippen molar-refractivity contribution in [2.45, 2.75) is 12.3 Å². The van der Waals surface area contributed by atoms with Crippen molar-refractivity contribution in [2.24, 2.45) is 0 Å². The van der Waals surface area contributed by atoms with E-state index in [0.29, 0.717) is 0 Å². The molecule has 1 aromatic rings. The zero-order chi connectivity index (χ0) is 11.6. The summed E-state index contributed by atoms with van der Waals surface area (Å²) in [5.41, 5.74) is -0.896. The molecule has 0 aliphatic carbocycles. The van der Waals surface area contributed by atoms with E-state index >= 15 is 0 Å². The molecule has 1 aromatic carbocycles. The molecular formula is C9H8F4O2. The van der Waals surface area contributed by atoms with Crippen LogP contribution >= 0.6 is 0 Å². The molecule has 0 saturated heterocycles.